The lowest BCUT2D eigenvalue weighted by Gasteiger charge is -2.23. The molecule has 0 saturated carbocycles. The van der Waals surface area contributed by atoms with Crippen LogP contribution in [0.2, 0.25) is 0 Å². The smallest absolute Gasteiger partial charge is 0.308 e. The predicted molar refractivity (Wildman–Crippen MR) is 110 cm³/mol. The van der Waals surface area contributed by atoms with Crippen LogP contribution in [-0.2, 0) is 37.5 Å². The molecule has 0 atom stereocenters. The lowest BCUT2D eigenvalue weighted by molar-refractivity contribution is -0.137. The summed E-state index contributed by atoms with van der Waals surface area (Å²) >= 11 is 0. The van der Waals surface area contributed by atoms with Gasteiger partial charge in [0.05, 0.1) is 19.0 Å². The second kappa shape index (κ2) is 11.5. The molecule has 0 aliphatic rings. The molecule has 2 rings (SSSR count). The monoisotopic (exact) mass is 421 g/mol. The van der Waals surface area contributed by atoms with Gasteiger partial charge >= 0.3 is 10.1 Å². The molecule has 0 unspecified atom stereocenters. The summed E-state index contributed by atoms with van der Waals surface area (Å²) < 4.78 is 39.0. The number of hydrogen-bond acceptors (Lipinski definition) is 6. The molecule has 0 aromatic heterocycles. The molecule has 29 heavy (non-hydrogen) atoms. The van der Waals surface area contributed by atoms with Crippen molar-refractivity contribution in [1.82, 2.24) is 4.90 Å². The molecule has 0 heterocycles. The number of ether oxygens (including phenoxy) is 2. The molecule has 0 fully saturated rings. The van der Waals surface area contributed by atoms with Crippen LogP contribution in [0.5, 0.6) is 5.75 Å². The molecule has 2 aromatic carbocycles. The van der Waals surface area contributed by atoms with Crippen LogP contribution < -0.4 is 4.18 Å². The number of carbonyl (C=O) groups is 1. The Morgan fingerprint density at radius 3 is 2.45 bits per heavy atom. The fourth-order valence-electron chi connectivity index (χ4n) is 2.54. The van der Waals surface area contributed by atoms with Crippen LogP contribution in [0.3, 0.4) is 0 Å². The van der Waals surface area contributed by atoms with E-state index in [-0.39, 0.29) is 24.0 Å². The van der Waals surface area contributed by atoms with Crippen LogP contribution in [0.25, 0.3) is 0 Å². The van der Waals surface area contributed by atoms with E-state index in [4.69, 9.17) is 13.7 Å². The molecule has 2 aromatic rings. The van der Waals surface area contributed by atoms with E-state index in [0.29, 0.717) is 26.3 Å². The number of benzene rings is 2. The average molecular weight is 422 g/mol. The van der Waals surface area contributed by atoms with Gasteiger partial charge in [-0.2, -0.15) is 8.42 Å². The third-order valence-corrected chi connectivity index (χ3v) is 5.26. The molecule has 0 bridgehead atoms. The molecular formula is C21H27NO6S. The van der Waals surface area contributed by atoms with Gasteiger partial charge in [-0.1, -0.05) is 42.5 Å². The van der Waals surface area contributed by atoms with Crippen molar-refractivity contribution < 1.29 is 26.9 Å². The van der Waals surface area contributed by atoms with Crippen molar-refractivity contribution in [2.45, 2.75) is 20.1 Å². The molecule has 8 heteroatoms. The molecule has 0 aliphatic carbocycles. The van der Waals surface area contributed by atoms with Gasteiger partial charge in [0.2, 0.25) is 5.91 Å². The van der Waals surface area contributed by atoms with Crippen molar-refractivity contribution >= 4 is 16.0 Å². The second-order valence-corrected chi connectivity index (χ2v) is 8.22. The Labute approximate surface area is 172 Å². The maximum atomic E-state index is 12.6. The van der Waals surface area contributed by atoms with Gasteiger partial charge < -0.3 is 18.6 Å². The fourth-order valence-corrected chi connectivity index (χ4v) is 3.05. The van der Waals surface area contributed by atoms with E-state index in [1.807, 2.05) is 36.4 Å². The van der Waals surface area contributed by atoms with Gasteiger partial charge in [0, 0.05) is 20.2 Å². The first-order valence-corrected chi connectivity index (χ1v) is 10.9. The Hall–Kier alpha value is -2.42. The van der Waals surface area contributed by atoms with Crippen molar-refractivity contribution in [2.24, 2.45) is 0 Å². The molecule has 0 radical (unpaired) electrons. The normalized spacial score (nSPS) is 11.2. The SMILES string of the molecule is CCS(=O)(=O)Oc1cccc(CN(CCOC)C(=O)COCc2ccccc2)c1. The van der Waals surface area contributed by atoms with Gasteiger partial charge in [-0.15, -0.1) is 0 Å². The highest BCUT2D eigenvalue weighted by atomic mass is 32.2. The zero-order chi connectivity index (χ0) is 21.1. The van der Waals surface area contributed by atoms with Crippen LogP contribution in [0.1, 0.15) is 18.1 Å². The molecule has 0 aliphatic heterocycles. The number of nitrogens with zero attached hydrogens (tertiary/aromatic N) is 1. The standard InChI is InChI=1S/C21H27NO6S/c1-3-29(24,25)28-20-11-7-10-19(14-20)15-22(12-13-26-2)21(23)17-27-16-18-8-5-4-6-9-18/h4-11,14H,3,12-13,15-17H2,1-2H3. The van der Waals surface area contributed by atoms with E-state index in [9.17, 15) is 13.2 Å². The largest absolute Gasteiger partial charge is 0.383 e. The van der Waals surface area contributed by atoms with Crippen molar-refractivity contribution in [1.29, 1.82) is 0 Å². The summed E-state index contributed by atoms with van der Waals surface area (Å²) in [6.07, 6.45) is 0. The Balaban J connectivity index is 1.99. The van der Waals surface area contributed by atoms with Crippen molar-refractivity contribution in [2.75, 3.05) is 32.6 Å². The van der Waals surface area contributed by atoms with E-state index in [0.717, 1.165) is 11.1 Å². The van der Waals surface area contributed by atoms with Gasteiger partial charge in [-0.05, 0) is 30.2 Å². The zero-order valence-electron chi connectivity index (χ0n) is 16.7. The molecule has 0 spiro atoms. The van der Waals surface area contributed by atoms with E-state index in [2.05, 4.69) is 0 Å². The first-order chi connectivity index (χ1) is 13.9. The number of rotatable bonds is 12. The third-order valence-electron chi connectivity index (χ3n) is 4.10. The van der Waals surface area contributed by atoms with E-state index < -0.39 is 10.1 Å². The van der Waals surface area contributed by atoms with Crippen molar-refractivity contribution in [3.05, 3.63) is 65.7 Å². The maximum Gasteiger partial charge on any atom is 0.308 e. The first-order valence-electron chi connectivity index (χ1n) is 9.33. The molecular weight excluding hydrogens is 394 g/mol. The number of carbonyl (C=O) groups excluding carboxylic acids is 1. The topological polar surface area (TPSA) is 82.1 Å². The highest BCUT2D eigenvalue weighted by Crippen LogP contribution is 2.17. The fraction of sp³-hybridized carbons (Fsp3) is 0.381. The van der Waals surface area contributed by atoms with Gasteiger partial charge in [0.15, 0.2) is 0 Å². The van der Waals surface area contributed by atoms with Gasteiger partial charge in [-0.3, -0.25) is 4.79 Å². The molecule has 0 N–H and O–H groups in total. The molecule has 7 nitrogen and oxygen atoms in total. The number of methoxy groups -OCH3 is 1. The van der Waals surface area contributed by atoms with Crippen molar-refractivity contribution in [3.63, 3.8) is 0 Å². The van der Waals surface area contributed by atoms with Crippen LogP contribution in [-0.4, -0.2) is 51.8 Å². The van der Waals surface area contributed by atoms with E-state index in [1.165, 1.54) is 6.92 Å². The summed E-state index contributed by atoms with van der Waals surface area (Å²) in [5.41, 5.74) is 1.74. The summed E-state index contributed by atoms with van der Waals surface area (Å²) in [4.78, 5) is 14.2. The molecule has 158 valence electrons. The quantitative estimate of drug-likeness (QED) is 0.490. The third kappa shape index (κ3) is 8.23. The first kappa shape index (κ1) is 22.9. The molecule has 1 amide bonds. The van der Waals surface area contributed by atoms with Gasteiger partial charge in [-0.25, -0.2) is 0 Å². The summed E-state index contributed by atoms with van der Waals surface area (Å²) in [5.74, 6) is -0.0664. The Morgan fingerprint density at radius 2 is 1.76 bits per heavy atom. The number of amides is 1. The van der Waals surface area contributed by atoms with Gasteiger partial charge in [0.25, 0.3) is 0 Å². The molecule has 0 saturated heterocycles. The van der Waals surface area contributed by atoms with E-state index >= 15 is 0 Å². The summed E-state index contributed by atoms with van der Waals surface area (Å²) in [6, 6.07) is 16.3. The van der Waals surface area contributed by atoms with Crippen LogP contribution in [0.15, 0.2) is 54.6 Å². The van der Waals surface area contributed by atoms with Gasteiger partial charge in [0.1, 0.15) is 12.4 Å². The van der Waals surface area contributed by atoms with E-state index in [1.54, 1.807) is 30.2 Å². The Bertz CT molecular complexity index is 870. The Kier molecular flexibility index (Phi) is 9.11. The summed E-state index contributed by atoms with van der Waals surface area (Å²) in [5, 5.41) is 0. The second-order valence-electron chi connectivity index (χ2n) is 6.36. The lowest BCUT2D eigenvalue weighted by Crippen LogP contribution is -2.36. The number of hydrogen-bond donors (Lipinski definition) is 0. The maximum absolute atomic E-state index is 12.6. The summed E-state index contributed by atoms with van der Waals surface area (Å²) in [7, 11) is -2.04. The minimum atomic E-state index is -3.61. The minimum Gasteiger partial charge on any atom is -0.383 e. The van der Waals surface area contributed by atoms with Crippen LogP contribution >= 0.6 is 0 Å². The predicted octanol–water partition coefficient (Wildman–Crippen LogP) is 2.61. The zero-order valence-corrected chi connectivity index (χ0v) is 17.6. The lowest BCUT2D eigenvalue weighted by atomic mass is 10.2. The average Bonchev–Trinajstić information content (AvgIpc) is 2.71. The van der Waals surface area contributed by atoms with Crippen LogP contribution in [0, 0.1) is 0 Å². The van der Waals surface area contributed by atoms with Crippen LogP contribution in [0.4, 0.5) is 0 Å². The van der Waals surface area contributed by atoms with Crippen molar-refractivity contribution in [3.8, 4) is 5.75 Å². The highest BCUT2D eigenvalue weighted by molar-refractivity contribution is 7.87. The minimum absolute atomic E-state index is 0.0565. The Morgan fingerprint density at radius 1 is 1.03 bits per heavy atom. The summed E-state index contributed by atoms with van der Waals surface area (Å²) in [6.45, 7) is 2.87. The highest BCUT2D eigenvalue weighted by Gasteiger charge is 2.16.